The van der Waals surface area contributed by atoms with Crippen LogP contribution >= 0.6 is 0 Å². The molecule has 0 saturated heterocycles. The molecule has 0 saturated carbocycles. The van der Waals surface area contributed by atoms with Crippen LogP contribution in [-0.2, 0) is 10.0 Å². The number of amides is 1. The van der Waals surface area contributed by atoms with Crippen LogP contribution in [0.25, 0.3) is 0 Å². The first-order valence-electron chi connectivity index (χ1n) is 6.37. The zero-order valence-electron chi connectivity index (χ0n) is 11.4. The molecule has 0 spiro atoms. The Morgan fingerprint density at radius 3 is 2.45 bits per heavy atom. The largest absolute Gasteiger partial charge is 0.465 e. The van der Waals surface area contributed by atoms with Crippen molar-refractivity contribution in [1.82, 2.24) is 10.0 Å². The Morgan fingerprint density at radius 2 is 1.90 bits per heavy atom. The lowest BCUT2D eigenvalue weighted by Crippen LogP contribution is -2.28. The number of rotatable bonds is 8. The fourth-order valence-corrected chi connectivity index (χ4v) is 2.68. The molecule has 112 valence electrons. The van der Waals surface area contributed by atoms with Gasteiger partial charge in [-0.3, -0.25) is 0 Å². The molecular formula is C13H20N2O4S. The van der Waals surface area contributed by atoms with E-state index in [1.54, 1.807) is 0 Å². The second-order valence-electron chi connectivity index (χ2n) is 4.58. The van der Waals surface area contributed by atoms with Crippen molar-refractivity contribution in [3.8, 4) is 0 Å². The number of carboxylic acid groups (broad SMARTS) is 1. The number of nitrogens with one attached hydrogen (secondary N) is 2. The highest BCUT2D eigenvalue weighted by Gasteiger charge is 2.15. The zero-order valence-corrected chi connectivity index (χ0v) is 12.2. The number of unbranched alkanes of at least 4 members (excludes halogenated alkanes) is 1. The maximum Gasteiger partial charge on any atom is 0.404 e. The van der Waals surface area contributed by atoms with Crippen molar-refractivity contribution in [3.05, 3.63) is 35.9 Å². The van der Waals surface area contributed by atoms with Crippen LogP contribution in [0.3, 0.4) is 0 Å². The predicted molar refractivity (Wildman–Crippen MR) is 77.0 cm³/mol. The number of carbonyl (C=O) groups is 1. The minimum Gasteiger partial charge on any atom is -0.465 e. The summed E-state index contributed by atoms with van der Waals surface area (Å²) in [6, 6.07) is 9.06. The van der Waals surface area contributed by atoms with E-state index in [0.29, 0.717) is 19.4 Å². The highest BCUT2D eigenvalue weighted by molar-refractivity contribution is 7.88. The summed E-state index contributed by atoms with van der Waals surface area (Å²) in [5, 5.41) is 10.7. The third-order valence-electron chi connectivity index (χ3n) is 2.75. The molecular weight excluding hydrogens is 280 g/mol. The van der Waals surface area contributed by atoms with E-state index in [4.69, 9.17) is 5.11 Å². The lowest BCUT2D eigenvalue weighted by atomic mass is 10.0. The number of hydrogen-bond acceptors (Lipinski definition) is 3. The average molecular weight is 300 g/mol. The van der Waals surface area contributed by atoms with Crippen LogP contribution in [0.15, 0.2) is 30.3 Å². The van der Waals surface area contributed by atoms with E-state index in [2.05, 4.69) is 10.0 Å². The summed E-state index contributed by atoms with van der Waals surface area (Å²) in [5.41, 5.74) is 0.907. The second-order valence-corrected chi connectivity index (χ2v) is 6.36. The number of benzene rings is 1. The first-order chi connectivity index (χ1) is 9.38. The van der Waals surface area contributed by atoms with Crippen molar-refractivity contribution >= 4 is 16.1 Å². The van der Waals surface area contributed by atoms with Crippen molar-refractivity contribution in [2.75, 3.05) is 12.8 Å². The van der Waals surface area contributed by atoms with Gasteiger partial charge in [0.25, 0.3) is 0 Å². The molecule has 0 heterocycles. The molecule has 1 unspecified atom stereocenters. The summed E-state index contributed by atoms with van der Waals surface area (Å²) in [6.07, 6.45) is 2.11. The minimum absolute atomic E-state index is 0.281. The van der Waals surface area contributed by atoms with Crippen LogP contribution in [0.1, 0.15) is 30.9 Å². The van der Waals surface area contributed by atoms with Gasteiger partial charge in [0.15, 0.2) is 0 Å². The van der Waals surface area contributed by atoms with Crippen molar-refractivity contribution in [2.24, 2.45) is 0 Å². The van der Waals surface area contributed by atoms with Gasteiger partial charge in [-0.25, -0.2) is 17.9 Å². The molecule has 1 aromatic carbocycles. The molecule has 0 aliphatic carbocycles. The molecule has 1 amide bonds. The summed E-state index contributed by atoms with van der Waals surface area (Å²) in [4.78, 5) is 10.3. The fraction of sp³-hybridized carbons (Fsp3) is 0.462. The van der Waals surface area contributed by atoms with E-state index in [-0.39, 0.29) is 6.04 Å². The second kappa shape index (κ2) is 7.86. The summed E-state index contributed by atoms with van der Waals surface area (Å²) in [5.74, 6) is 0. The number of hydrogen-bond donors (Lipinski definition) is 3. The van der Waals surface area contributed by atoms with Gasteiger partial charge in [-0.05, 0) is 24.8 Å². The molecule has 0 aliphatic heterocycles. The molecule has 1 aromatic rings. The quantitative estimate of drug-likeness (QED) is 0.637. The third-order valence-corrected chi connectivity index (χ3v) is 3.47. The Kier molecular flexibility index (Phi) is 6.47. The van der Waals surface area contributed by atoms with Gasteiger partial charge in [0.05, 0.1) is 6.26 Å². The molecule has 1 rings (SSSR count). The Hall–Kier alpha value is -1.60. The van der Waals surface area contributed by atoms with E-state index >= 15 is 0 Å². The Balaban J connectivity index is 2.54. The fourth-order valence-electron chi connectivity index (χ4n) is 1.91. The van der Waals surface area contributed by atoms with Gasteiger partial charge in [0.1, 0.15) is 0 Å². The van der Waals surface area contributed by atoms with Gasteiger partial charge in [0.2, 0.25) is 10.0 Å². The SMILES string of the molecule is CS(=O)(=O)NC(CCCCNC(=O)O)c1ccccc1. The van der Waals surface area contributed by atoms with Crippen molar-refractivity contribution in [2.45, 2.75) is 25.3 Å². The normalized spacial score (nSPS) is 12.8. The maximum absolute atomic E-state index is 11.4. The average Bonchev–Trinajstić information content (AvgIpc) is 2.36. The molecule has 1 atom stereocenters. The van der Waals surface area contributed by atoms with Gasteiger partial charge in [-0.1, -0.05) is 30.3 Å². The van der Waals surface area contributed by atoms with E-state index < -0.39 is 16.1 Å². The van der Waals surface area contributed by atoms with Gasteiger partial charge in [0, 0.05) is 12.6 Å². The third kappa shape index (κ3) is 7.10. The highest BCUT2D eigenvalue weighted by Crippen LogP contribution is 2.19. The smallest absolute Gasteiger partial charge is 0.404 e. The molecule has 7 heteroatoms. The molecule has 0 bridgehead atoms. The first kappa shape index (κ1) is 16.5. The summed E-state index contributed by atoms with van der Waals surface area (Å²) in [7, 11) is -3.29. The molecule has 0 aromatic heterocycles. The van der Waals surface area contributed by atoms with Crippen LogP contribution in [-0.4, -0.2) is 32.4 Å². The van der Waals surface area contributed by atoms with E-state index in [1.165, 1.54) is 0 Å². The van der Waals surface area contributed by atoms with Crippen LogP contribution in [0.2, 0.25) is 0 Å². The first-order valence-corrected chi connectivity index (χ1v) is 8.26. The van der Waals surface area contributed by atoms with E-state index in [1.807, 2.05) is 30.3 Å². The summed E-state index contributed by atoms with van der Waals surface area (Å²) >= 11 is 0. The lowest BCUT2D eigenvalue weighted by Gasteiger charge is -2.18. The van der Waals surface area contributed by atoms with E-state index in [9.17, 15) is 13.2 Å². The minimum atomic E-state index is -3.29. The van der Waals surface area contributed by atoms with E-state index in [0.717, 1.165) is 18.2 Å². The van der Waals surface area contributed by atoms with Crippen molar-refractivity contribution in [1.29, 1.82) is 0 Å². The molecule has 3 N–H and O–H groups in total. The Morgan fingerprint density at radius 1 is 1.25 bits per heavy atom. The standard InChI is InChI=1S/C13H20N2O4S/c1-20(18,19)15-12(11-7-3-2-4-8-11)9-5-6-10-14-13(16)17/h2-4,7-8,12,14-15H,5-6,9-10H2,1H3,(H,16,17). The molecule has 0 aliphatic rings. The van der Waals surface area contributed by atoms with Crippen LogP contribution in [0.4, 0.5) is 4.79 Å². The van der Waals surface area contributed by atoms with Gasteiger partial charge < -0.3 is 10.4 Å². The summed E-state index contributed by atoms with van der Waals surface area (Å²) < 4.78 is 25.4. The van der Waals surface area contributed by atoms with Crippen molar-refractivity contribution < 1.29 is 18.3 Å². The monoisotopic (exact) mass is 300 g/mol. The van der Waals surface area contributed by atoms with Crippen LogP contribution in [0, 0.1) is 0 Å². The molecule has 0 radical (unpaired) electrons. The zero-order chi connectivity index (χ0) is 15.0. The van der Waals surface area contributed by atoms with Crippen LogP contribution in [0.5, 0.6) is 0 Å². The molecule has 0 fully saturated rings. The summed E-state index contributed by atoms with van der Waals surface area (Å²) in [6.45, 7) is 0.371. The lowest BCUT2D eigenvalue weighted by molar-refractivity contribution is 0.194. The maximum atomic E-state index is 11.4. The number of sulfonamides is 1. The molecule has 20 heavy (non-hydrogen) atoms. The Bertz CT molecular complexity index is 516. The molecule has 6 nitrogen and oxygen atoms in total. The van der Waals surface area contributed by atoms with Gasteiger partial charge in [-0.2, -0.15) is 0 Å². The predicted octanol–water partition coefficient (Wildman–Crippen LogP) is 1.71. The van der Waals surface area contributed by atoms with Gasteiger partial charge >= 0.3 is 6.09 Å². The van der Waals surface area contributed by atoms with Crippen LogP contribution < -0.4 is 10.0 Å². The van der Waals surface area contributed by atoms with Crippen molar-refractivity contribution in [3.63, 3.8) is 0 Å². The topological polar surface area (TPSA) is 95.5 Å². The van der Waals surface area contributed by atoms with Gasteiger partial charge in [-0.15, -0.1) is 0 Å². The highest BCUT2D eigenvalue weighted by atomic mass is 32.2. The Labute approximate surface area is 119 Å².